The van der Waals surface area contributed by atoms with Crippen LogP contribution in [0.1, 0.15) is 51.2 Å². The third-order valence-electron chi connectivity index (χ3n) is 7.60. The number of rotatable bonds is 5. The van der Waals surface area contributed by atoms with Gasteiger partial charge in [-0.15, -0.1) is 0 Å². The smallest absolute Gasteiger partial charge is 0.287 e. The zero-order valence-corrected chi connectivity index (χ0v) is 21.0. The molecule has 1 unspecified atom stereocenters. The Kier molecular flexibility index (Phi) is 6.65. The minimum Gasteiger partial charge on any atom is -0.451 e. The molecule has 2 aliphatic heterocycles. The largest absolute Gasteiger partial charge is 0.451 e. The normalized spacial score (nSPS) is 18.5. The van der Waals surface area contributed by atoms with Crippen molar-refractivity contribution in [2.45, 2.75) is 46.6 Å². The van der Waals surface area contributed by atoms with E-state index in [0.29, 0.717) is 12.3 Å². The van der Waals surface area contributed by atoms with Crippen molar-refractivity contribution >= 4 is 22.8 Å². The van der Waals surface area contributed by atoms with E-state index in [4.69, 9.17) is 4.42 Å². The number of amides is 2. The predicted molar refractivity (Wildman–Crippen MR) is 137 cm³/mol. The highest BCUT2D eigenvalue weighted by Crippen LogP contribution is 2.26. The molecule has 1 fully saturated rings. The summed E-state index contributed by atoms with van der Waals surface area (Å²) < 4.78 is 5.71. The molecule has 6 nitrogen and oxygen atoms in total. The Balaban J connectivity index is 1.13. The molecule has 35 heavy (non-hydrogen) atoms. The molecule has 0 bridgehead atoms. The van der Waals surface area contributed by atoms with Crippen LogP contribution < -0.4 is 5.32 Å². The topological polar surface area (TPSA) is 65.8 Å². The molecule has 0 spiro atoms. The Morgan fingerprint density at radius 1 is 1.03 bits per heavy atom. The first-order valence-electron chi connectivity index (χ1n) is 12.8. The van der Waals surface area contributed by atoms with E-state index >= 15 is 0 Å². The lowest BCUT2D eigenvalue weighted by molar-refractivity contribution is -0.138. The zero-order chi connectivity index (χ0) is 24.5. The van der Waals surface area contributed by atoms with Gasteiger partial charge in [0.05, 0.1) is 5.92 Å². The maximum Gasteiger partial charge on any atom is 0.287 e. The Hall–Kier alpha value is -3.12. The molecule has 0 radical (unpaired) electrons. The van der Waals surface area contributed by atoms with Gasteiger partial charge in [0.25, 0.3) is 5.91 Å². The first kappa shape index (κ1) is 23.6. The van der Waals surface area contributed by atoms with Crippen LogP contribution in [0, 0.1) is 26.7 Å². The molecule has 1 N–H and O–H groups in total. The van der Waals surface area contributed by atoms with Crippen LogP contribution in [0.4, 0.5) is 0 Å². The minimum absolute atomic E-state index is 0.0335. The van der Waals surface area contributed by atoms with Gasteiger partial charge in [-0.3, -0.25) is 9.59 Å². The first-order chi connectivity index (χ1) is 16.9. The highest BCUT2D eigenvalue weighted by atomic mass is 16.3. The third kappa shape index (κ3) is 5.13. The van der Waals surface area contributed by atoms with E-state index in [2.05, 4.69) is 41.1 Å². The summed E-state index contributed by atoms with van der Waals surface area (Å²) in [5.74, 6) is 0.459. The van der Waals surface area contributed by atoms with Crippen LogP contribution in [0.25, 0.3) is 11.0 Å². The Labute approximate surface area is 207 Å². The second kappa shape index (κ2) is 9.86. The maximum atomic E-state index is 13.4. The second-order valence-electron chi connectivity index (χ2n) is 10.3. The van der Waals surface area contributed by atoms with Gasteiger partial charge in [-0.1, -0.05) is 23.8 Å². The fourth-order valence-electron chi connectivity index (χ4n) is 5.45. The number of nitrogens with zero attached hydrogens (tertiary/aromatic N) is 2. The molecule has 2 amide bonds. The van der Waals surface area contributed by atoms with Crippen LogP contribution in [0.5, 0.6) is 0 Å². The van der Waals surface area contributed by atoms with Crippen LogP contribution in [0.2, 0.25) is 0 Å². The van der Waals surface area contributed by atoms with Gasteiger partial charge in [-0.2, -0.15) is 0 Å². The number of nitrogens with one attached hydrogen (secondary N) is 1. The standard InChI is InChI=1S/C29H35N3O3/c1-19-6-7-26-24(13-19)16-27(35-26)28(33)30-9-12-31-10-4-5-23(17-31)29(34)32-11-8-22-14-20(2)21(3)15-25(22)18-32/h6-7,13-16,23H,4-5,8-12,17-18H2,1-3H3,(H,30,33). The molecule has 1 atom stereocenters. The van der Waals surface area contributed by atoms with Crippen molar-refractivity contribution in [1.29, 1.82) is 0 Å². The SMILES string of the molecule is Cc1ccc2oc(C(=O)NCCN3CCCC(C(=O)N4CCc5cc(C)c(C)cc5C4)C3)cc2c1. The molecule has 0 aliphatic carbocycles. The number of fused-ring (bicyclic) bond motifs is 2. The van der Waals surface area contributed by atoms with Crippen molar-refractivity contribution < 1.29 is 14.0 Å². The lowest BCUT2D eigenvalue weighted by Gasteiger charge is -2.37. The number of carbonyl (C=O) groups excluding carboxylic acids is 2. The first-order valence-corrected chi connectivity index (χ1v) is 12.8. The van der Waals surface area contributed by atoms with Crippen molar-refractivity contribution in [2.24, 2.45) is 5.92 Å². The number of aryl methyl sites for hydroxylation is 3. The molecule has 3 aromatic rings. The second-order valence-corrected chi connectivity index (χ2v) is 10.3. The number of furan rings is 1. The van der Waals surface area contributed by atoms with Crippen molar-refractivity contribution in [3.05, 3.63) is 70.0 Å². The molecular formula is C29H35N3O3. The van der Waals surface area contributed by atoms with Crippen molar-refractivity contribution in [3.63, 3.8) is 0 Å². The van der Waals surface area contributed by atoms with Gasteiger partial charge in [0.15, 0.2) is 5.76 Å². The fraction of sp³-hybridized carbons (Fsp3) is 0.448. The monoisotopic (exact) mass is 473 g/mol. The summed E-state index contributed by atoms with van der Waals surface area (Å²) in [5.41, 5.74) is 7.17. The van der Waals surface area contributed by atoms with E-state index in [1.165, 1.54) is 22.3 Å². The molecule has 184 valence electrons. The molecule has 6 heteroatoms. The molecule has 1 aromatic heterocycles. The van der Waals surface area contributed by atoms with Crippen LogP contribution in [-0.4, -0.2) is 54.3 Å². The van der Waals surface area contributed by atoms with Gasteiger partial charge in [-0.25, -0.2) is 0 Å². The highest BCUT2D eigenvalue weighted by Gasteiger charge is 2.31. The maximum absolute atomic E-state index is 13.4. The summed E-state index contributed by atoms with van der Waals surface area (Å²) in [6.07, 6.45) is 2.89. The summed E-state index contributed by atoms with van der Waals surface area (Å²) >= 11 is 0. The summed E-state index contributed by atoms with van der Waals surface area (Å²) in [4.78, 5) is 30.3. The Bertz CT molecular complexity index is 1260. The van der Waals surface area contributed by atoms with Crippen LogP contribution in [-0.2, 0) is 17.8 Å². The summed E-state index contributed by atoms with van der Waals surface area (Å²) in [6, 6.07) is 12.2. The summed E-state index contributed by atoms with van der Waals surface area (Å²) in [6.45, 7) is 10.8. The Morgan fingerprint density at radius 3 is 2.66 bits per heavy atom. The van der Waals surface area contributed by atoms with Gasteiger partial charge in [0.2, 0.25) is 5.91 Å². The fourth-order valence-corrected chi connectivity index (χ4v) is 5.45. The van der Waals surface area contributed by atoms with Crippen molar-refractivity contribution in [1.82, 2.24) is 15.1 Å². The predicted octanol–water partition coefficient (Wildman–Crippen LogP) is 4.38. The van der Waals surface area contributed by atoms with Gasteiger partial charge >= 0.3 is 0 Å². The van der Waals surface area contributed by atoms with E-state index < -0.39 is 0 Å². The number of hydrogen-bond donors (Lipinski definition) is 1. The van der Waals surface area contributed by atoms with Crippen molar-refractivity contribution in [2.75, 3.05) is 32.7 Å². The number of benzene rings is 2. The lowest BCUT2D eigenvalue weighted by Crippen LogP contribution is -2.47. The molecule has 2 aromatic carbocycles. The lowest BCUT2D eigenvalue weighted by atomic mass is 9.92. The average Bonchev–Trinajstić information content (AvgIpc) is 3.27. The van der Waals surface area contributed by atoms with Gasteiger partial charge in [-0.05, 0) is 87.0 Å². The van der Waals surface area contributed by atoms with Gasteiger partial charge in [0.1, 0.15) is 5.58 Å². The molecule has 5 rings (SSSR count). The molecular weight excluding hydrogens is 438 g/mol. The quantitative estimate of drug-likeness (QED) is 0.597. The molecule has 3 heterocycles. The highest BCUT2D eigenvalue weighted by molar-refractivity contribution is 5.96. The third-order valence-corrected chi connectivity index (χ3v) is 7.60. The number of carbonyl (C=O) groups is 2. The van der Waals surface area contributed by atoms with Crippen LogP contribution in [0.3, 0.4) is 0 Å². The van der Waals surface area contributed by atoms with E-state index in [1.807, 2.05) is 25.1 Å². The molecule has 0 saturated carbocycles. The van der Waals surface area contributed by atoms with E-state index in [0.717, 1.165) is 68.5 Å². The van der Waals surface area contributed by atoms with Crippen molar-refractivity contribution in [3.8, 4) is 0 Å². The number of piperidine rings is 1. The number of likely N-dealkylation sites (tertiary alicyclic amines) is 1. The summed E-state index contributed by atoms with van der Waals surface area (Å²) in [7, 11) is 0. The number of hydrogen-bond acceptors (Lipinski definition) is 4. The average molecular weight is 474 g/mol. The van der Waals surface area contributed by atoms with E-state index in [9.17, 15) is 9.59 Å². The molecule has 1 saturated heterocycles. The van der Waals surface area contributed by atoms with E-state index in [-0.39, 0.29) is 17.7 Å². The van der Waals surface area contributed by atoms with E-state index in [1.54, 1.807) is 6.07 Å². The van der Waals surface area contributed by atoms with Crippen LogP contribution in [0.15, 0.2) is 40.8 Å². The molecule has 2 aliphatic rings. The zero-order valence-electron chi connectivity index (χ0n) is 21.0. The van der Waals surface area contributed by atoms with Crippen LogP contribution >= 0.6 is 0 Å². The summed E-state index contributed by atoms with van der Waals surface area (Å²) in [5, 5.41) is 3.92. The Morgan fingerprint density at radius 2 is 1.83 bits per heavy atom. The van der Waals surface area contributed by atoms with Gasteiger partial charge in [0, 0.05) is 38.1 Å². The van der Waals surface area contributed by atoms with Gasteiger partial charge < -0.3 is 19.5 Å². The minimum atomic E-state index is -0.194.